The topological polar surface area (TPSA) is 41.0 Å². The fourth-order valence-corrected chi connectivity index (χ4v) is 4.11. The van der Waals surface area contributed by atoms with Crippen LogP contribution in [0.5, 0.6) is 0 Å². The number of hydrogen-bond donors (Lipinski definition) is 1. The van der Waals surface area contributed by atoms with Gasteiger partial charge in [-0.15, -0.1) is 11.3 Å². The van der Waals surface area contributed by atoms with Crippen LogP contribution in [0.2, 0.25) is 0 Å². The first-order chi connectivity index (χ1) is 12.4. The Kier molecular flexibility index (Phi) is 5.04. The van der Waals surface area contributed by atoms with Crippen molar-refractivity contribution in [3.8, 4) is 10.6 Å². The van der Waals surface area contributed by atoms with E-state index in [-0.39, 0.29) is 0 Å². The molecule has 3 heterocycles. The second kappa shape index (κ2) is 7.76. The predicted octanol–water partition coefficient (Wildman–Crippen LogP) is 3.62. The smallest absolute Gasteiger partial charge is 0.123 e. The third-order valence-electron chi connectivity index (χ3n) is 4.60. The summed E-state index contributed by atoms with van der Waals surface area (Å²) in [7, 11) is 0. The SMILES string of the molecule is c1ccc(N2CCC(NCCc3csc(-c4ccncc4)n3)C2)cc1. The minimum absolute atomic E-state index is 0.568. The molecule has 3 aromatic rings. The highest BCUT2D eigenvalue weighted by molar-refractivity contribution is 7.13. The summed E-state index contributed by atoms with van der Waals surface area (Å²) in [5.41, 5.74) is 3.64. The molecule has 1 aliphatic rings. The number of nitrogens with zero attached hydrogens (tertiary/aromatic N) is 3. The molecule has 1 saturated heterocycles. The fourth-order valence-electron chi connectivity index (χ4n) is 3.25. The maximum Gasteiger partial charge on any atom is 0.123 e. The zero-order chi connectivity index (χ0) is 16.9. The van der Waals surface area contributed by atoms with Gasteiger partial charge in [-0.25, -0.2) is 4.98 Å². The lowest BCUT2D eigenvalue weighted by atomic mass is 10.2. The van der Waals surface area contributed by atoms with Crippen LogP contribution in [-0.2, 0) is 6.42 Å². The highest BCUT2D eigenvalue weighted by atomic mass is 32.1. The fraction of sp³-hybridized carbons (Fsp3) is 0.300. The second-order valence-corrected chi connectivity index (χ2v) is 7.21. The van der Waals surface area contributed by atoms with Crippen molar-refractivity contribution in [2.45, 2.75) is 18.9 Å². The van der Waals surface area contributed by atoms with Crippen LogP contribution >= 0.6 is 11.3 Å². The van der Waals surface area contributed by atoms with Crippen LogP contribution in [0.25, 0.3) is 10.6 Å². The molecule has 25 heavy (non-hydrogen) atoms. The zero-order valence-electron chi connectivity index (χ0n) is 14.1. The van der Waals surface area contributed by atoms with Gasteiger partial charge in [-0.1, -0.05) is 18.2 Å². The molecular weight excluding hydrogens is 328 g/mol. The Labute approximate surface area is 152 Å². The van der Waals surface area contributed by atoms with Crippen LogP contribution in [-0.4, -0.2) is 35.6 Å². The number of nitrogens with one attached hydrogen (secondary N) is 1. The Morgan fingerprint density at radius 1 is 1.12 bits per heavy atom. The van der Waals surface area contributed by atoms with Gasteiger partial charge in [-0.2, -0.15) is 0 Å². The van der Waals surface area contributed by atoms with Crippen LogP contribution in [0, 0.1) is 0 Å². The van der Waals surface area contributed by atoms with E-state index in [0.29, 0.717) is 6.04 Å². The molecular formula is C20H22N4S. The van der Waals surface area contributed by atoms with E-state index in [4.69, 9.17) is 4.98 Å². The van der Waals surface area contributed by atoms with E-state index in [2.05, 4.69) is 50.9 Å². The van der Waals surface area contributed by atoms with Crippen molar-refractivity contribution >= 4 is 17.0 Å². The zero-order valence-corrected chi connectivity index (χ0v) is 15.0. The van der Waals surface area contributed by atoms with Crippen LogP contribution in [0.1, 0.15) is 12.1 Å². The number of thiazole rings is 1. The Morgan fingerprint density at radius 2 is 1.96 bits per heavy atom. The van der Waals surface area contributed by atoms with Gasteiger partial charge >= 0.3 is 0 Å². The van der Waals surface area contributed by atoms with Crippen LogP contribution in [0.4, 0.5) is 5.69 Å². The van der Waals surface area contributed by atoms with Crippen LogP contribution < -0.4 is 10.2 Å². The molecule has 1 aromatic carbocycles. The third kappa shape index (κ3) is 4.06. The number of anilines is 1. The average molecular weight is 350 g/mol. The number of hydrogen-bond acceptors (Lipinski definition) is 5. The maximum atomic E-state index is 4.75. The summed E-state index contributed by atoms with van der Waals surface area (Å²) < 4.78 is 0. The van der Waals surface area contributed by atoms with E-state index in [1.165, 1.54) is 17.8 Å². The first-order valence-corrected chi connectivity index (χ1v) is 9.64. The molecule has 4 rings (SSSR count). The summed E-state index contributed by atoms with van der Waals surface area (Å²) >= 11 is 1.71. The molecule has 4 nitrogen and oxygen atoms in total. The van der Waals surface area contributed by atoms with Gasteiger partial charge in [-0.3, -0.25) is 4.98 Å². The van der Waals surface area contributed by atoms with E-state index >= 15 is 0 Å². The van der Waals surface area contributed by atoms with E-state index in [9.17, 15) is 0 Å². The van der Waals surface area contributed by atoms with Crippen molar-refractivity contribution in [1.82, 2.24) is 15.3 Å². The lowest BCUT2D eigenvalue weighted by molar-refractivity contribution is 0.552. The third-order valence-corrected chi connectivity index (χ3v) is 5.54. The molecule has 1 aliphatic heterocycles. The lowest BCUT2D eigenvalue weighted by Gasteiger charge is -2.18. The second-order valence-electron chi connectivity index (χ2n) is 6.35. The largest absolute Gasteiger partial charge is 0.370 e. The quantitative estimate of drug-likeness (QED) is 0.737. The van der Waals surface area contributed by atoms with Crippen molar-refractivity contribution in [3.05, 3.63) is 65.9 Å². The summed E-state index contributed by atoms with van der Waals surface area (Å²) in [6, 6.07) is 15.3. The molecule has 0 aliphatic carbocycles. The first-order valence-electron chi connectivity index (χ1n) is 8.77. The predicted molar refractivity (Wildman–Crippen MR) is 104 cm³/mol. The maximum absolute atomic E-state index is 4.75. The molecule has 1 atom stereocenters. The molecule has 1 fully saturated rings. The molecule has 2 aromatic heterocycles. The van der Waals surface area contributed by atoms with Gasteiger partial charge in [0.25, 0.3) is 0 Å². The average Bonchev–Trinajstić information content (AvgIpc) is 3.33. The van der Waals surface area contributed by atoms with Crippen molar-refractivity contribution in [2.75, 3.05) is 24.5 Å². The Bertz CT molecular complexity index is 788. The molecule has 1 N–H and O–H groups in total. The number of para-hydroxylation sites is 1. The molecule has 0 saturated carbocycles. The monoisotopic (exact) mass is 350 g/mol. The normalized spacial score (nSPS) is 17.1. The number of benzene rings is 1. The highest BCUT2D eigenvalue weighted by Gasteiger charge is 2.21. The molecule has 1 unspecified atom stereocenters. The summed E-state index contributed by atoms with van der Waals surface area (Å²) in [6.45, 7) is 3.20. The van der Waals surface area contributed by atoms with E-state index in [0.717, 1.165) is 36.6 Å². The van der Waals surface area contributed by atoms with Gasteiger partial charge < -0.3 is 10.2 Å². The number of aromatic nitrogens is 2. The van der Waals surface area contributed by atoms with E-state index < -0.39 is 0 Å². The minimum Gasteiger partial charge on any atom is -0.370 e. The van der Waals surface area contributed by atoms with Gasteiger partial charge in [0.15, 0.2) is 0 Å². The Balaban J connectivity index is 1.26. The van der Waals surface area contributed by atoms with E-state index in [1.807, 2.05) is 24.5 Å². The van der Waals surface area contributed by atoms with E-state index in [1.54, 1.807) is 11.3 Å². The van der Waals surface area contributed by atoms with Gasteiger partial charge in [0.2, 0.25) is 0 Å². The Morgan fingerprint density at radius 3 is 2.80 bits per heavy atom. The summed E-state index contributed by atoms with van der Waals surface area (Å²) in [4.78, 5) is 11.3. The van der Waals surface area contributed by atoms with Gasteiger partial charge in [-0.05, 0) is 30.7 Å². The molecule has 0 amide bonds. The molecule has 0 bridgehead atoms. The summed E-state index contributed by atoms with van der Waals surface area (Å²) in [5.74, 6) is 0. The molecule has 0 radical (unpaired) electrons. The number of rotatable bonds is 6. The Hall–Kier alpha value is -2.24. The molecule has 128 valence electrons. The summed E-state index contributed by atoms with van der Waals surface area (Å²) in [6.07, 6.45) is 5.81. The van der Waals surface area contributed by atoms with Gasteiger partial charge in [0, 0.05) is 61.1 Å². The summed E-state index contributed by atoms with van der Waals surface area (Å²) in [5, 5.41) is 6.94. The minimum atomic E-state index is 0.568. The highest BCUT2D eigenvalue weighted by Crippen LogP contribution is 2.23. The molecule has 5 heteroatoms. The first kappa shape index (κ1) is 16.2. The van der Waals surface area contributed by atoms with Crippen molar-refractivity contribution in [3.63, 3.8) is 0 Å². The van der Waals surface area contributed by atoms with Crippen molar-refractivity contribution in [2.24, 2.45) is 0 Å². The van der Waals surface area contributed by atoms with Gasteiger partial charge in [0.05, 0.1) is 5.69 Å². The molecule has 0 spiro atoms. The van der Waals surface area contributed by atoms with Crippen molar-refractivity contribution in [1.29, 1.82) is 0 Å². The van der Waals surface area contributed by atoms with Crippen molar-refractivity contribution < 1.29 is 0 Å². The lowest BCUT2D eigenvalue weighted by Crippen LogP contribution is -2.33. The van der Waals surface area contributed by atoms with Gasteiger partial charge in [0.1, 0.15) is 5.01 Å². The van der Waals surface area contributed by atoms with Crippen LogP contribution in [0.3, 0.4) is 0 Å². The van der Waals surface area contributed by atoms with Crippen LogP contribution in [0.15, 0.2) is 60.2 Å². The standard InChI is InChI=1S/C20H22N4S/c1-2-4-19(5-3-1)24-13-9-17(14-24)22-12-8-18-15-25-20(23-18)16-6-10-21-11-7-16/h1-7,10-11,15,17,22H,8-9,12-14H2. The number of pyridine rings is 1.